The van der Waals surface area contributed by atoms with E-state index in [9.17, 15) is 9.18 Å². The number of rotatable bonds is 7. The molecule has 1 amide bonds. The molecule has 0 unspecified atom stereocenters. The zero-order chi connectivity index (χ0) is 16.1. The van der Waals surface area contributed by atoms with Crippen LogP contribution in [-0.4, -0.2) is 28.4 Å². The molecule has 0 spiro atoms. The summed E-state index contributed by atoms with van der Waals surface area (Å²) in [4.78, 5) is 18.2. The Bertz CT molecular complexity index is 658. The van der Waals surface area contributed by atoms with Gasteiger partial charge in [0.2, 0.25) is 5.91 Å². The minimum atomic E-state index is -0.214. The molecule has 1 aliphatic carbocycles. The molecule has 2 aromatic rings. The molecule has 1 aromatic heterocycles. The number of nitrogens with zero attached hydrogens (tertiary/aromatic N) is 2. The molecule has 1 N–H and O–H groups in total. The third-order valence-electron chi connectivity index (χ3n) is 3.95. The zero-order valence-corrected chi connectivity index (χ0v) is 12.9. The maximum atomic E-state index is 13.8. The summed E-state index contributed by atoms with van der Waals surface area (Å²) in [5, 5.41) is 2.90. The van der Waals surface area contributed by atoms with E-state index < -0.39 is 0 Å². The first kappa shape index (κ1) is 15.6. The third-order valence-corrected chi connectivity index (χ3v) is 3.95. The van der Waals surface area contributed by atoms with Gasteiger partial charge in [-0.2, -0.15) is 0 Å². The van der Waals surface area contributed by atoms with Crippen molar-refractivity contribution in [2.24, 2.45) is 0 Å². The summed E-state index contributed by atoms with van der Waals surface area (Å²) in [5.41, 5.74) is 1.60. The summed E-state index contributed by atoms with van der Waals surface area (Å²) in [6, 6.07) is 10.9. The molecule has 1 fully saturated rings. The van der Waals surface area contributed by atoms with Gasteiger partial charge in [-0.05, 0) is 30.5 Å². The lowest BCUT2D eigenvalue weighted by atomic mass is 10.2. The van der Waals surface area contributed by atoms with Crippen LogP contribution in [0.1, 0.15) is 24.0 Å². The fraction of sp³-hybridized carbons (Fsp3) is 0.333. The van der Waals surface area contributed by atoms with E-state index in [1.807, 2.05) is 18.2 Å². The first-order valence-electron chi connectivity index (χ1n) is 7.85. The summed E-state index contributed by atoms with van der Waals surface area (Å²) in [7, 11) is 0. The van der Waals surface area contributed by atoms with Crippen LogP contribution in [-0.2, 0) is 17.9 Å². The predicted molar refractivity (Wildman–Crippen MR) is 85.9 cm³/mol. The van der Waals surface area contributed by atoms with E-state index >= 15 is 0 Å². The maximum Gasteiger partial charge on any atom is 0.234 e. The van der Waals surface area contributed by atoms with Crippen molar-refractivity contribution >= 4 is 5.91 Å². The molecule has 1 heterocycles. The first-order chi connectivity index (χ1) is 11.2. The second-order valence-electron chi connectivity index (χ2n) is 5.87. The molecule has 4 nitrogen and oxygen atoms in total. The van der Waals surface area contributed by atoms with Crippen LogP contribution >= 0.6 is 0 Å². The van der Waals surface area contributed by atoms with Gasteiger partial charge in [0, 0.05) is 37.1 Å². The minimum Gasteiger partial charge on any atom is -0.351 e. The normalized spacial score (nSPS) is 14.0. The molecule has 1 saturated carbocycles. The van der Waals surface area contributed by atoms with Crippen molar-refractivity contribution in [2.45, 2.75) is 32.0 Å². The summed E-state index contributed by atoms with van der Waals surface area (Å²) in [6.07, 6.45) is 5.58. The number of carbonyl (C=O) groups excluding carboxylic acids is 1. The number of hydrogen-bond donors (Lipinski definition) is 1. The molecule has 1 aromatic carbocycles. The zero-order valence-electron chi connectivity index (χ0n) is 12.9. The van der Waals surface area contributed by atoms with E-state index in [1.165, 1.54) is 6.07 Å². The van der Waals surface area contributed by atoms with E-state index in [-0.39, 0.29) is 11.7 Å². The van der Waals surface area contributed by atoms with Gasteiger partial charge in [0.25, 0.3) is 0 Å². The molecule has 0 aliphatic heterocycles. The van der Waals surface area contributed by atoms with Crippen molar-refractivity contribution < 1.29 is 9.18 Å². The van der Waals surface area contributed by atoms with Crippen molar-refractivity contribution in [3.8, 4) is 0 Å². The largest absolute Gasteiger partial charge is 0.351 e. The lowest BCUT2D eigenvalue weighted by molar-refractivity contribution is -0.122. The van der Waals surface area contributed by atoms with Gasteiger partial charge in [0.15, 0.2) is 0 Å². The number of amides is 1. The Morgan fingerprint density at radius 3 is 2.78 bits per heavy atom. The number of aromatic nitrogens is 1. The number of hydrogen-bond acceptors (Lipinski definition) is 3. The Labute approximate surface area is 135 Å². The van der Waals surface area contributed by atoms with Crippen LogP contribution in [0.25, 0.3) is 0 Å². The molecule has 1 aliphatic rings. The van der Waals surface area contributed by atoms with Gasteiger partial charge in [-0.1, -0.05) is 24.3 Å². The van der Waals surface area contributed by atoms with E-state index in [0.717, 1.165) is 18.4 Å². The fourth-order valence-electron chi connectivity index (χ4n) is 2.54. The van der Waals surface area contributed by atoms with Crippen molar-refractivity contribution in [2.75, 3.05) is 6.54 Å². The van der Waals surface area contributed by atoms with E-state index in [2.05, 4.69) is 15.2 Å². The number of nitrogens with one attached hydrogen (secondary N) is 1. The molecule has 0 radical (unpaired) electrons. The smallest absolute Gasteiger partial charge is 0.234 e. The lowest BCUT2D eigenvalue weighted by Crippen LogP contribution is -2.38. The topological polar surface area (TPSA) is 45.2 Å². The molecular weight excluding hydrogens is 293 g/mol. The van der Waals surface area contributed by atoms with Crippen LogP contribution in [0.3, 0.4) is 0 Å². The number of carbonyl (C=O) groups is 1. The molecule has 3 rings (SSSR count). The van der Waals surface area contributed by atoms with Crippen molar-refractivity contribution in [1.29, 1.82) is 0 Å². The van der Waals surface area contributed by atoms with Crippen LogP contribution < -0.4 is 5.32 Å². The van der Waals surface area contributed by atoms with Gasteiger partial charge in [0.05, 0.1) is 6.54 Å². The van der Waals surface area contributed by atoms with E-state index in [0.29, 0.717) is 31.2 Å². The third kappa shape index (κ3) is 4.60. The highest BCUT2D eigenvalue weighted by molar-refractivity contribution is 5.78. The quantitative estimate of drug-likeness (QED) is 0.854. The van der Waals surface area contributed by atoms with Gasteiger partial charge in [0.1, 0.15) is 5.82 Å². The first-order valence-corrected chi connectivity index (χ1v) is 7.85. The van der Waals surface area contributed by atoms with Crippen LogP contribution in [0.15, 0.2) is 48.8 Å². The molecule has 120 valence electrons. The number of halogens is 1. The summed E-state index contributed by atoms with van der Waals surface area (Å²) in [5.74, 6) is -0.258. The monoisotopic (exact) mass is 313 g/mol. The second kappa shape index (κ2) is 7.33. The maximum absolute atomic E-state index is 13.8. The Balaban J connectivity index is 1.55. The summed E-state index contributed by atoms with van der Waals surface area (Å²) < 4.78 is 13.8. The Kier molecular flexibility index (Phi) is 4.98. The van der Waals surface area contributed by atoms with Crippen LogP contribution in [0.4, 0.5) is 4.39 Å². The average Bonchev–Trinajstić information content (AvgIpc) is 3.40. The Morgan fingerprint density at radius 1 is 1.26 bits per heavy atom. The minimum absolute atomic E-state index is 0.0444. The molecule has 23 heavy (non-hydrogen) atoms. The highest BCUT2D eigenvalue weighted by Gasteiger charge is 2.30. The van der Waals surface area contributed by atoms with E-state index in [1.54, 1.807) is 24.5 Å². The van der Waals surface area contributed by atoms with Crippen molar-refractivity contribution in [3.05, 3.63) is 65.7 Å². The Morgan fingerprint density at radius 2 is 2.09 bits per heavy atom. The van der Waals surface area contributed by atoms with Crippen LogP contribution in [0.5, 0.6) is 0 Å². The number of benzene rings is 1. The van der Waals surface area contributed by atoms with Crippen molar-refractivity contribution in [1.82, 2.24) is 15.2 Å². The van der Waals surface area contributed by atoms with Crippen LogP contribution in [0.2, 0.25) is 0 Å². The molecule has 0 bridgehead atoms. The highest BCUT2D eigenvalue weighted by atomic mass is 19.1. The molecule has 5 heteroatoms. The Hall–Kier alpha value is -2.27. The van der Waals surface area contributed by atoms with Gasteiger partial charge in [-0.15, -0.1) is 0 Å². The average molecular weight is 313 g/mol. The van der Waals surface area contributed by atoms with Gasteiger partial charge >= 0.3 is 0 Å². The summed E-state index contributed by atoms with van der Waals surface area (Å²) in [6.45, 7) is 1.22. The fourth-order valence-corrected chi connectivity index (χ4v) is 2.54. The summed E-state index contributed by atoms with van der Waals surface area (Å²) >= 11 is 0. The molecular formula is C18H20FN3O. The van der Waals surface area contributed by atoms with Crippen LogP contribution in [0, 0.1) is 5.82 Å². The number of pyridine rings is 1. The SMILES string of the molecule is O=C(CN(Cc1ccccc1F)C1CC1)NCc1cccnc1. The van der Waals surface area contributed by atoms with Gasteiger partial charge < -0.3 is 5.32 Å². The van der Waals surface area contributed by atoms with E-state index in [4.69, 9.17) is 0 Å². The van der Waals surface area contributed by atoms with Gasteiger partial charge in [-0.25, -0.2) is 4.39 Å². The van der Waals surface area contributed by atoms with Crippen molar-refractivity contribution in [3.63, 3.8) is 0 Å². The highest BCUT2D eigenvalue weighted by Crippen LogP contribution is 2.28. The molecule has 0 saturated heterocycles. The second-order valence-corrected chi connectivity index (χ2v) is 5.87. The molecule has 0 atom stereocenters. The standard InChI is InChI=1S/C18H20FN3O/c19-17-6-2-1-5-15(17)12-22(16-7-8-16)13-18(23)21-11-14-4-3-9-20-10-14/h1-6,9-10,16H,7-8,11-13H2,(H,21,23). The predicted octanol–water partition coefficient (Wildman–Crippen LogP) is 2.50. The lowest BCUT2D eigenvalue weighted by Gasteiger charge is -2.21. The van der Waals surface area contributed by atoms with Gasteiger partial charge in [-0.3, -0.25) is 14.7 Å².